The second kappa shape index (κ2) is 6.28. The molecular formula is C13H18N2S2. The Bertz CT molecular complexity index is 434. The molecule has 1 unspecified atom stereocenters. The van der Waals surface area contributed by atoms with Crippen LogP contribution in [0.25, 0.3) is 0 Å². The summed E-state index contributed by atoms with van der Waals surface area (Å²) in [6.45, 7) is 5.33. The average Bonchev–Trinajstić information content (AvgIpc) is 2.95. The molecule has 2 aromatic rings. The van der Waals surface area contributed by atoms with Gasteiger partial charge in [0, 0.05) is 17.1 Å². The minimum Gasteiger partial charge on any atom is -0.309 e. The molecule has 1 N–H and O–H groups in total. The van der Waals surface area contributed by atoms with Crippen molar-refractivity contribution < 1.29 is 0 Å². The van der Waals surface area contributed by atoms with E-state index < -0.39 is 0 Å². The molecular weight excluding hydrogens is 248 g/mol. The van der Waals surface area contributed by atoms with Crippen molar-refractivity contribution in [2.24, 2.45) is 0 Å². The van der Waals surface area contributed by atoms with Crippen LogP contribution in [-0.2, 0) is 6.42 Å². The van der Waals surface area contributed by atoms with Gasteiger partial charge in [-0.05, 0) is 48.7 Å². The fraction of sp³-hybridized carbons (Fsp3) is 0.462. The van der Waals surface area contributed by atoms with Crippen molar-refractivity contribution in [3.05, 3.63) is 38.5 Å². The number of rotatable bonds is 6. The van der Waals surface area contributed by atoms with Crippen LogP contribution in [-0.4, -0.2) is 11.5 Å². The minimum absolute atomic E-state index is 0.413. The topological polar surface area (TPSA) is 24.9 Å². The molecule has 0 bridgehead atoms. The molecule has 0 aromatic carbocycles. The number of thiophene rings is 1. The van der Waals surface area contributed by atoms with Gasteiger partial charge in [0.25, 0.3) is 0 Å². The van der Waals surface area contributed by atoms with Crippen molar-refractivity contribution in [3.8, 4) is 0 Å². The van der Waals surface area contributed by atoms with E-state index in [-0.39, 0.29) is 0 Å². The van der Waals surface area contributed by atoms with E-state index in [1.54, 1.807) is 22.7 Å². The van der Waals surface area contributed by atoms with Crippen LogP contribution in [0.15, 0.2) is 23.0 Å². The van der Waals surface area contributed by atoms with E-state index in [4.69, 9.17) is 0 Å². The van der Waals surface area contributed by atoms with Crippen LogP contribution in [0.2, 0.25) is 0 Å². The summed E-state index contributed by atoms with van der Waals surface area (Å²) in [5, 5.41) is 9.13. The molecule has 0 spiro atoms. The molecule has 92 valence electrons. The lowest BCUT2D eigenvalue weighted by molar-refractivity contribution is 0.536. The number of thiazole rings is 1. The normalized spacial score (nSPS) is 12.8. The Labute approximate surface area is 111 Å². The van der Waals surface area contributed by atoms with Gasteiger partial charge in [0.1, 0.15) is 0 Å². The third-order valence-corrected chi connectivity index (χ3v) is 4.40. The van der Waals surface area contributed by atoms with E-state index in [0.717, 1.165) is 24.4 Å². The van der Waals surface area contributed by atoms with Gasteiger partial charge in [0.2, 0.25) is 0 Å². The van der Waals surface area contributed by atoms with Gasteiger partial charge in [-0.25, -0.2) is 4.98 Å². The van der Waals surface area contributed by atoms with Crippen LogP contribution < -0.4 is 5.32 Å². The van der Waals surface area contributed by atoms with Crippen LogP contribution in [0.4, 0.5) is 0 Å². The first-order chi connectivity index (χ1) is 8.29. The first kappa shape index (κ1) is 12.7. The lowest BCUT2D eigenvalue weighted by Crippen LogP contribution is -2.23. The molecule has 2 rings (SSSR count). The van der Waals surface area contributed by atoms with Crippen LogP contribution in [0.3, 0.4) is 0 Å². The van der Waals surface area contributed by atoms with Crippen LogP contribution in [0, 0.1) is 6.92 Å². The molecule has 0 saturated heterocycles. The van der Waals surface area contributed by atoms with Gasteiger partial charge in [-0.2, -0.15) is 11.3 Å². The Hall–Kier alpha value is -0.710. The van der Waals surface area contributed by atoms with Crippen molar-refractivity contribution in [2.45, 2.75) is 32.7 Å². The van der Waals surface area contributed by atoms with E-state index in [1.807, 2.05) is 6.20 Å². The SMILES string of the molecule is CCCNC(Cc1ccsc1)c1cnc(C)s1. The fourth-order valence-electron chi connectivity index (χ4n) is 1.78. The fourth-order valence-corrected chi connectivity index (χ4v) is 3.32. The zero-order valence-electron chi connectivity index (χ0n) is 10.3. The predicted octanol–water partition coefficient (Wildman–Crippen LogP) is 3.80. The Morgan fingerprint density at radius 2 is 2.35 bits per heavy atom. The van der Waals surface area contributed by atoms with Crippen molar-refractivity contribution in [3.63, 3.8) is 0 Å². The highest BCUT2D eigenvalue weighted by atomic mass is 32.1. The Morgan fingerprint density at radius 1 is 1.47 bits per heavy atom. The summed E-state index contributed by atoms with van der Waals surface area (Å²) < 4.78 is 0. The zero-order chi connectivity index (χ0) is 12.1. The van der Waals surface area contributed by atoms with E-state index in [1.165, 1.54) is 10.4 Å². The molecule has 1 atom stereocenters. The standard InChI is InChI=1S/C13H18N2S2/c1-3-5-14-12(7-11-4-6-16-9-11)13-8-15-10(2)17-13/h4,6,8-9,12,14H,3,5,7H2,1-2H3. The summed E-state index contributed by atoms with van der Waals surface area (Å²) in [4.78, 5) is 5.71. The van der Waals surface area contributed by atoms with E-state index in [9.17, 15) is 0 Å². The third-order valence-electron chi connectivity index (χ3n) is 2.64. The van der Waals surface area contributed by atoms with Crippen molar-refractivity contribution >= 4 is 22.7 Å². The minimum atomic E-state index is 0.413. The molecule has 0 fully saturated rings. The molecule has 0 amide bonds. The van der Waals surface area contributed by atoms with Gasteiger partial charge in [-0.15, -0.1) is 11.3 Å². The smallest absolute Gasteiger partial charge is 0.0897 e. The third kappa shape index (κ3) is 3.63. The second-order valence-corrected chi connectivity index (χ2v) is 6.17. The summed E-state index contributed by atoms with van der Waals surface area (Å²) in [6, 6.07) is 2.62. The first-order valence-corrected chi connectivity index (χ1v) is 7.72. The van der Waals surface area contributed by atoms with Crippen LogP contribution in [0.5, 0.6) is 0 Å². The van der Waals surface area contributed by atoms with E-state index in [2.05, 4.69) is 41.0 Å². The molecule has 2 heterocycles. The highest BCUT2D eigenvalue weighted by Gasteiger charge is 2.14. The monoisotopic (exact) mass is 266 g/mol. The van der Waals surface area contributed by atoms with E-state index >= 15 is 0 Å². The van der Waals surface area contributed by atoms with Crippen LogP contribution in [0.1, 0.15) is 34.8 Å². The van der Waals surface area contributed by atoms with Gasteiger partial charge in [0.15, 0.2) is 0 Å². The van der Waals surface area contributed by atoms with Crippen molar-refractivity contribution in [1.82, 2.24) is 10.3 Å². The summed E-state index contributed by atoms with van der Waals surface area (Å²) in [6.07, 6.45) is 4.24. The molecule has 0 aliphatic heterocycles. The Kier molecular flexibility index (Phi) is 4.71. The summed E-state index contributed by atoms with van der Waals surface area (Å²) in [7, 11) is 0. The summed E-state index contributed by atoms with van der Waals surface area (Å²) >= 11 is 3.56. The summed E-state index contributed by atoms with van der Waals surface area (Å²) in [5.41, 5.74) is 1.41. The number of nitrogens with zero attached hydrogens (tertiary/aromatic N) is 1. The molecule has 0 saturated carbocycles. The molecule has 2 aromatic heterocycles. The van der Waals surface area contributed by atoms with Crippen molar-refractivity contribution in [1.29, 1.82) is 0 Å². The van der Waals surface area contributed by atoms with Gasteiger partial charge in [-0.1, -0.05) is 6.92 Å². The predicted molar refractivity (Wildman–Crippen MR) is 75.9 cm³/mol. The first-order valence-electron chi connectivity index (χ1n) is 5.96. The zero-order valence-corrected chi connectivity index (χ0v) is 11.9. The molecule has 17 heavy (non-hydrogen) atoms. The number of aromatic nitrogens is 1. The lowest BCUT2D eigenvalue weighted by atomic mass is 10.1. The quantitative estimate of drug-likeness (QED) is 0.860. The maximum Gasteiger partial charge on any atom is 0.0897 e. The van der Waals surface area contributed by atoms with Gasteiger partial charge in [-0.3, -0.25) is 0 Å². The number of nitrogens with one attached hydrogen (secondary N) is 1. The second-order valence-electron chi connectivity index (χ2n) is 4.12. The van der Waals surface area contributed by atoms with Gasteiger partial charge < -0.3 is 5.32 Å². The molecule has 0 aliphatic carbocycles. The Balaban J connectivity index is 2.07. The largest absolute Gasteiger partial charge is 0.309 e. The molecule has 2 nitrogen and oxygen atoms in total. The highest BCUT2D eigenvalue weighted by Crippen LogP contribution is 2.24. The Morgan fingerprint density at radius 3 is 2.94 bits per heavy atom. The summed E-state index contributed by atoms with van der Waals surface area (Å²) in [5.74, 6) is 0. The molecule has 4 heteroatoms. The maximum absolute atomic E-state index is 4.36. The molecule has 0 aliphatic rings. The highest BCUT2D eigenvalue weighted by molar-refractivity contribution is 7.11. The maximum atomic E-state index is 4.36. The van der Waals surface area contributed by atoms with Crippen LogP contribution >= 0.6 is 22.7 Å². The van der Waals surface area contributed by atoms with Crippen molar-refractivity contribution in [2.75, 3.05) is 6.54 Å². The van der Waals surface area contributed by atoms with Gasteiger partial charge >= 0.3 is 0 Å². The number of aryl methyl sites for hydroxylation is 1. The van der Waals surface area contributed by atoms with Gasteiger partial charge in [0.05, 0.1) is 5.01 Å². The molecule has 0 radical (unpaired) electrons. The number of hydrogen-bond donors (Lipinski definition) is 1. The lowest BCUT2D eigenvalue weighted by Gasteiger charge is -2.15. The average molecular weight is 266 g/mol. The number of hydrogen-bond acceptors (Lipinski definition) is 4. The van der Waals surface area contributed by atoms with E-state index in [0.29, 0.717) is 6.04 Å².